The summed E-state index contributed by atoms with van der Waals surface area (Å²) in [5.74, 6) is 0.655. The number of rotatable bonds is 5. The maximum Gasteiger partial charge on any atom is 0.0928 e. The van der Waals surface area contributed by atoms with Crippen molar-refractivity contribution < 1.29 is 0 Å². The van der Waals surface area contributed by atoms with Crippen molar-refractivity contribution in [2.24, 2.45) is 11.1 Å². The first-order valence-electron chi connectivity index (χ1n) is 6.83. The van der Waals surface area contributed by atoms with Crippen LogP contribution in [-0.4, -0.2) is 36.6 Å². The largest absolute Gasteiger partial charge is 0.330 e. The van der Waals surface area contributed by atoms with Crippen LogP contribution in [0.25, 0.3) is 0 Å². The van der Waals surface area contributed by atoms with Crippen LogP contribution in [0, 0.1) is 5.41 Å². The Hall–Kier alpha value is -0.450. The zero-order valence-corrected chi connectivity index (χ0v) is 12.6. The highest BCUT2D eigenvalue weighted by Crippen LogP contribution is 2.29. The summed E-state index contributed by atoms with van der Waals surface area (Å²) in [6.07, 6.45) is 3.45. The highest BCUT2D eigenvalue weighted by Gasteiger charge is 2.23. The molecule has 0 aromatic carbocycles. The molecule has 0 aliphatic carbocycles. The first kappa shape index (κ1) is 14.0. The van der Waals surface area contributed by atoms with Gasteiger partial charge in [0.15, 0.2) is 0 Å². The number of aromatic nitrogens is 1. The van der Waals surface area contributed by atoms with E-state index >= 15 is 0 Å². The molecular weight excluding hydrogens is 242 g/mol. The molecule has 1 atom stereocenters. The molecule has 102 valence electrons. The molecule has 2 rings (SSSR count). The Balaban J connectivity index is 1.90. The lowest BCUT2D eigenvalue weighted by atomic mass is 9.88. The fourth-order valence-electron chi connectivity index (χ4n) is 2.35. The molecule has 3 nitrogen and oxygen atoms in total. The molecule has 0 bridgehead atoms. The summed E-state index contributed by atoms with van der Waals surface area (Å²) >= 11 is 1.82. The standard InChI is InChI=1S/C14H25N3S/c1-14(2,10-15)6-4-13-16-12(9-18-13)11-5-7-17(3)8-11/h9,11H,4-8,10,15H2,1-3H3. The average Bonchev–Trinajstić information content (AvgIpc) is 2.95. The number of hydrogen-bond donors (Lipinski definition) is 1. The van der Waals surface area contributed by atoms with Crippen LogP contribution < -0.4 is 5.73 Å². The molecule has 0 amide bonds. The van der Waals surface area contributed by atoms with Crippen LogP contribution in [-0.2, 0) is 6.42 Å². The SMILES string of the molecule is CN1CCC(c2csc(CCC(C)(C)CN)n2)C1. The lowest BCUT2D eigenvalue weighted by molar-refractivity contribution is 0.347. The summed E-state index contributed by atoms with van der Waals surface area (Å²) in [7, 11) is 2.19. The van der Waals surface area contributed by atoms with Gasteiger partial charge in [-0.2, -0.15) is 0 Å². The molecule has 1 aliphatic heterocycles. The Morgan fingerprint density at radius 1 is 1.56 bits per heavy atom. The van der Waals surface area contributed by atoms with Crippen molar-refractivity contribution >= 4 is 11.3 Å². The Morgan fingerprint density at radius 3 is 2.94 bits per heavy atom. The molecular formula is C14H25N3S. The van der Waals surface area contributed by atoms with Gasteiger partial charge in [0.2, 0.25) is 0 Å². The van der Waals surface area contributed by atoms with E-state index in [9.17, 15) is 0 Å². The summed E-state index contributed by atoms with van der Waals surface area (Å²) in [6, 6.07) is 0. The van der Waals surface area contributed by atoms with Crippen molar-refractivity contribution in [3.8, 4) is 0 Å². The number of likely N-dealkylation sites (N-methyl/N-ethyl adjacent to an activating group) is 1. The van der Waals surface area contributed by atoms with Gasteiger partial charge in [-0.25, -0.2) is 4.98 Å². The smallest absolute Gasteiger partial charge is 0.0928 e. The third kappa shape index (κ3) is 3.53. The molecule has 1 saturated heterocycles. The summed E-state index contributed by atoms with van der Waals surface area (Å²) in [5, 5.41) is 3.54. The molecule has 0 spiro atoms. The number of thiazole rings is 1. The Labute approximate surface area is 114 Å². The van der Waals surface area contributed by atoms with Gasteiger partial charge >= 0.3 is 0 Å². The predicted molar refractivity (Wildman–Crippen MR) is 78.1 cm³/mol. The molecule has 4 heteroatoms. The van der Waals surface area contributed by atoms with Gasteiger partial charge in [0.1, 0.15) is 0 Å². The molecule has 1 unspecified atom stereocenters. The van der Waals surface area contributed by atoms with Crippen LogP contribution in [0.1, 0.15) is 43.3 Å². The molecule has 1 fully saturated rings. The number of aryl methyl sites for hydroxylation is 1. The highest BCUT2D eigenvalue weighted by atomic mass is 32.1. The first-order chi connectivity index (χ1) is 8.50. The molecule has 0 saturated carbocycles. The molecule has 2 N–H and O–H groups in total. The van der Waals surface area contributed by atoms with E-state index in [2.05, 4.69) is 31.2 Å². The van der Waals surface area contributed by atoms with Gasteiger partial charge in [0, 0.05) is 17.8 Å². The number of nitrogens with zero attached hydrogens (tertiary/aromatic N) is 2. The quantitative estimate of drug-likeness (QED) is 0.891. The summed E-state index contributed by atoms with van der Waals surface area (Å²) in [6.45, 7) is 7.58. The maximum atomic E-state index is 5.77. The van der Waals surface area contributed by atoms with Crippen LogP contribution in [0.4, 0.5) is 0 Å². The van der Waals surface area contributed by atoms with Crippen LogP contribution in [0.5, 0.6) is 0 Å². The highest BCUT2D eigenvalue weighted by molar-refractivity contribution is 7.09. The van der Waals surface area contributed by atoms with Crippen molar-refractivity contribution in [3.63, 3.8) is 0 Å². The monoisotopic (exact) mass is 267 g/mol. The van der Waals surface area contributed by atoms with Gasteiger partial charge in [-0.1, -0.05) is 13.8 Å². The minimum atomic E-state index is 0.236. The lowest BCUT2D eigenvalue weighted by Gasteiger charge is -2.21. The van der Waals surface area contributed by atoms with Gasteiger partial charge in [-0.3, -0.25) is 0 Å². The van der Waals surface area contributed by atoms with E-state index in [4.69, 9.17) is 10.7 Å². The van der Waals surface area contributed by atoms with E-state index in [1.807, 2.05) is 11.3 Å². The van der Waals surface area contributed by atoms with E-state index in [1.165, 1.54) is 23.7 Å². The minimum Gasteiger partial charge on any atom is -0.330 e. The van der Waals surface area contributed by atoms with Gasteiger partial charge in [-0.05, 0) is 44.8 Å². The Kier molecular flexibility index (Phi) is 4.41. The Morgan fingerprint density at radius 2 is 2.33 bits per heavy atom. The minimum absolute atomic E-state index is 0.236. The molecule has 18 heavy (non-hydrogen) atoms. The summed E-state index contributed by atoms with van der Waals surface area (Å²) < 4.78 is 0. The molecule has 0 radical (unpaired) electrons. The van der Waals surface area contributed by atoms with Crippen molar-refractivity contribution in [3.05, 3.63) is 16.1 Å². The second kappa shape index (κ2) is 5.68. The van der Waals surface area contributed by atoms with E-state index in [1.54, 1.807) is 0 Å². The van der Waals surface area contributed by atoms with E-state index < -0.39 is 0 Å². The van der Waals surface area contributed by atoms with Gasteiger partial charge in [0.05, 0.1) is 10.7 Å². The fourth-order valence-corrected chi connectivity index (χ4v) is 3.23. The Bertz CT molecular complexity index is 386. The van der Waals surface area contributed by atoms with E-state index in [0.29, 0.717) is 5.92 Å². The van der Waals surface area contributed by atoms with Crippen molar-refractivity contribution in [2.75, 3.05) is 26.7 Å². The predicted octanol–water partition coefficient (Wildman–Crippen LogP) is 2.48. The van der Waals surface area contributed by atoms with Gasteiger partial charge in [0.25, 0.3) is 0 Å². The van der Waals surface area contributed by atoms with E-state index in [-0.39, 0.29) is 5.41 Å². The molecule has 1 aliphatic rings. The van der Waals surface area contributed by atoms with Crippen molar-refractivity contribution in [1.82, 2.24) is 9.88 Å². The average molecular weight is 267 g/mol. The number of likely N-dealkylation sites (tertiary alicyclic amines) is 1. The van der Waals surface area contributed by atoms with Gasteiger partial charge in [-0.15, -0.1) is 11.3 Å². The third-order valence-electron chi connectivity index (χ3n) is 3.95. The normalized spacial score (nSPS) is 21.7. The first-order valence-corrected chi connectivity index (χ1v) is 7.71. The third-order valence-corrected chi connectivity index (χ3v) is 4.87. The molecule has 1 aromatic rings. The zero-order chi connectivity index (χ0) is 13.2. The van der Waals surface area contributed by atoms with E-state index in [0.717, 1.165) is 25.9 Å². The fraction of sp³-hybridized carbons (Fsp3) is 0.786. The lowest BCUT2D eigenvalue weighted by Crippen LogP contribution is -2.24. The van der Waals surface area contributed by atoms with Crippen LogP contribution in [0.3, 0.4) is 0 Å². The second-order valence-electron chi connectivity index (χ2n) is 6.28. The van der Waals surface area contributed by atoms with Crippen molar-refractivity contribution in [1.29, 1.82) is 0 Å². The van der Waals surface area contributed by atoms with Crippen molar-refractivity contribution in [2.45, 2.75) is 39.0 Å². The van der Waals surface area contributed by atoms with Crippen LogP contribution >= 0.6 is 11.3 Å². The summed E-state index contributed by atoms with van der Waals surface area (Å²) in [4.78, 5) is 7.21. The van der Waals surface area contributed by atoms with Crippen LogP contribution in [0.2, 0.25) is 0 Å². The molecule has 2 heterocycles. The number of hydrogen-bond acceptors (Lipinski definition) is 4. The summed E-state index contributed by atoms with van der Waals surface area (Å²) in [5.41, 5.74) is 7.31. The second-order valence-corrected chi connectivity index (χ2v) is 7.22. The molecule has 1 aromatic heterocycles. The van der Waals surface area contributed by atoms with Gasteiger partial charge < -0.3 is 10.6 Å². The maximum absolute atomic E-state index is 5.77. The zero-order valence-electron chi connectivity index (χ0n) is 11.8. The topological polar surface area (TPSA) is 42.1 Å². The number of nitrogens with two attached hydrogens (primary N) is 1. The van der Waals surface area contributed by atoms with Crippen LogP contribution in [0.15, 0.2) is 5.38 Å².